The van der Waals surface area contributed by atoms with E-state index in [1.165, 1.54) is 0 Å². The standard InChI is InChI=1S/C22H30N4O2/c1-4-12-24-21(27)19-10-6-8-17(13-19)15-25-22(23-5-2)26-16-18-9-7-11-20(14-18)28-3/h6-11,13-14H,4-5,12,15-16H2,1-3H3,(H,24,27)(H2,23,25,26). The summed E-state index contributed by atoms with van der Waals surface area (Å²) in [6, 6.07) is 15.5. The summed E-state index contributed by atoms with van der Waals surface area (Å²) in [6.45, 7) is 6.64. The zero-order valence-electron chi connectivity index (χ0n) is 16.9. The van der Waals surface area contributed by atoms with E-state index in [1.807, 2.05) is 62.4 Å². The predicted octanol–water partition coefficient (Wildman–Crippen LogP) is 3.09. The number of amides is 1. The summed E-state index contributed by atoms with van der Waals surface area (Å²) in [5, 5.41) is 9.47. The Hall–Kier alpha value is -3.02. The van der Waals surface area contributed by atoms with Gasteiger partial charge in [0.1, 0.15) is 5.75 Å². The van der Waals surface area contributed by atoms with Crippen LogP contribution in [0.4, 0.5) is 0 Å². The molecule has 0 saturated carbocycles. The van der Waals surface area contributed by atoms with E-state index in [9.17, 15) is 4.79 Å². The number of guanidine groups is 1. The zero-order chi connectivity index (χ0) is 20.2. The normalized spacial score (nSPS) is 11.0. The summed E-state index contributed by atoms with van der Waals surface area (Å²) < 4.78 is 5.26. The lowest BCUT2D eigenvalue weighted by molar-refractivity contribution is 0.0953. The highest BCUT2D eigenvalue weighted by Gasteiger charge is 2.05. The third-order valence-electron chi connectivity index (χ3n) is 4.08. The molecule has 150 valence electrons. The van der Waals surface area contributed by atoms with Gasteiger partial charge in [0.25, 0.3) is 5.91 Å². The van der Waals surface area contributed by atoms with Gasteiger partial charge in [-0.15, -0.1) is 0 Å². The number of nitrogens with zero attached hydrogens (tertiary/aromatic N) is 1. The van der Waals surface area contributed by atoms with Crippen molar-refractivity contribution in [1.29, 1.82) is 0 Å². The molecule has 0 aliphatic rings. The van der Waals surface area contributed by atoms with Crippen LogP contribution < -0.4 is 20.7 Å². The average Bonchev–Trinajstić information content (AvgIpc) is 2.74. The van der Waals surface area contributed by atoms with E-state index < -0.39 is 0 Å². The van der Waals surface area contributed by atoms with Crippen molar-refractivity contribution in [2.24, 2.45) is 4.99 Å². The van der Waals surface area contributed by atoms with Gasteiger partial charge in [0.05, 0.1) is 13.7 Å². The average molecular weight is 383 g/mol. The Bertz CT molecular complexity index is 790. The maximum absolute atomic E-state index is 12.1. The summed E-state index contributed by atoms with van der Waals surface area (Å²) in [5.41, 5.74) is 2.76. The molecular weight excluding hydrogens is 352 g/mol. The fraction of sp³-hybridized carbons (Fsp3) is 0.364. The topological polar surface area (TPSA) is 74.8 Å². The van der Waals surface area contributed by atoms with Crippen molar-refractivity contribution in [3.05, 3.63) is 65.2 Å². The lowest BCUT2D eigenvalue weighted by atomic mass is 10.1. The second-order valence-electron chi connectivity index (χ2n) is 6.36. The Labute approximate surface area is 167 Å². The van der Waals surface area contributed by atoms with Gasteiger partial charge in [-0.2, -0.15) is 0 Å². The van der Waals surface area contributed by atoms with Gasteiger partial charge in [-0.1, -0.05) is 31.2 Å². The van der Waals surface area contributed by atoms with Gasteiger partial charge in [-0.05, 0) is 48.7 Å². The Kier molecular flexibility index (Phi) is 8.85. The molecular formula is C22H30N4O2. The highest BCUT2D eigenvalue weighted by Crippen LogP contribution is 2.12. The molecule has 6 nitrogen and oxygen atoms in total. The molecule has 0 aliphatic heterocycles. The number of rotatable bonds is 9. The minimum atomic E-state index is -0.0456. The molecule has 0 atom stereocenters. The number of methoxy groups -OCH3 is 1. The molecule has 2 aromatic rings. The minimum Gasteiger partial charge on any atom is -0.497 e. The molecule has 0 fully saturated rings. The lowest BCUT2D eigenvalue weighted by Gasteiger charge is -2.12. The molecule has 0 aromatic heterocycles. The molecule has 0 saturated heterocycles. The highest BCUT2D eigenvalue weighted by atomic mass is 16.5. The molecule has 1 amide bonds. The zero-order valence-corrected chi connectivity index (χ0v) is 16.9. The van der Waals surface area contributed by atoms with E-state index in [1.54, 1.807) is 7.11 Å². The first-order valence-corrected chi connectivity index (χ1v) is 9.68. The maximum Gasteiger partial charge on any atom is 0.251 e. The number of benzene rings is 2. The van der Waals surface area contributed by atoms with E-state index in [0.717, 1.165) is 35.8 Å². The molecule has 0 heterocycles. The van der Waals surface area contributed by atoms with E-state index in [0.29, 0.717) is 25.2 Å². The molecule has 0 unspecified atom stereocenters. The van der Waals surface area contributed by atoms with Crippen LogP contribution in [0.1, 0.15) is 41.8 Å². The van der Waals surface area contributed by atoms with Gasteiger partial charge in [-0.3, -0.25) is 4.79 Å². The van der Waals surface area contributed by atoms with Crippen LogP contribution in [0, 0.1) is 0 Å². The van der Waals surface area contributed by atoms with Crippen molar-refractivity contribution in [3.63, 3.8) is 0 Å². The molecule has 6 heteroatoms. The van der Waals surface area contributed by atoms with Crippen molar-refractivity contribution in [2.75, 3.05) is 20.2 Å². The van der Waals surface area contributed by atoms with Gasteiger partial charge in [0.2, 0.25) is 0 Å². The first kappa shape index (κ1) is 21.3. The van der Waals surface area contributed by atoms with Gasteiger partial charge in [-0.25, -0.2) is 4.99 Å². The summed E-state index contributed by atoms with van der Waals surface area (Å²) >= 11 is 0. The Morgan fingerprint density at radius 1 is 1.00 bits per heavy atom. The van der Waals surface area contributed by atoms with Crippen molar-refractivity contribution >= 4 is 11.9 Å². The monoisotopic (exact) mass is 382 g/mol. The van der Waals surface area contributed by atoms with Crippen LogP contribution in [0.5, 0.6) is 5.75 Å². The lowest BCUT2D eigenvalue weighted by Crippen LogP contribution is -2.36. The summed E-state index contributed by atoms with van der Waals surface area (Å²) in [5.74, 6) is 1.52. The molecule has 0 radical (unpaired) electrons. The quantitative estimate of drug-likeness (QED) is 0.460. The van der Waals surface area contributed by atoms with Gasteiger partial charge in [0.15, 0.2) is 5.96 Å². The van der Waals surface area contributed by atoms with Crippen LogP contribution in [-0.2, 0) is 13.1 Å². The first-order valence-electron chi connectivity index (χ1n) is 9.68. The third-order valence-corrected chi connectivity index (χ3v) is 4.08. The van der Waals surface area contributed by atoms with Crippen molar-refractivity contribution < 1.29 is 9.53 Å². The Morgan fingerprint density at radius 3 is 2.54 bits per heavy atom. The molecule has 2 aromatic carbocycles. The number of nitrogens with one attached hydrogen (secondary N) is 3. The van der Waals surface area contributed by atoms with Crippen molar-refractivity contribution in [3.8, 4) is 5.75 Å². The molecule has 0 spiro atoms. The maximum atomic E-state index is 12.1. The van der Waals surface area contributed by atoms with Crippen LogP contribution in [0.25, 0.3) is 0 Å². The van der Waals surface area contributed by atoms with Crippen molar-refractivity contribution in [1.82, 2.24) is 16.0 Å². The number of hydrogen-bond donors (Lipinski definition) is 3. The van der Waals surface area contributed by atoms with Gasteiger partial charge in [0, 0.05) is 25.2 Å². The van der Waals surface area contributed by atoms with Crippen LogP contribution in [0.3, 0.4) is 0 Å². The molecule has 28 heavy (non-hydrogen) atoms. The second kappa shape index (κ2) is 11.6. The summed E-state index contributed by atoms with van der Waals surface area (Å²) in [6.07, 6.45) is 0.917. The number of carbonyl (C=O) groups excluding carboxylic acids is 1. The Morgan fingerprint density at radius 2 is 1.79 bits per heavy atom. The van der Waals surface area contributed by atoms with Crippen LogP contribution in [-0.4, -0.2) is 32.1 Å². The number of carbonyl (C=O) groups is 1. The largest absolute Gasteiger partial charge is 0.497 e. The fourth-order valence-corrected chi connectivity index (χ4v) is 2.63. The fourth-order valence-electron chi connectivity index (χ4n) is 2.63. The van der Waals surface area contributed by atoms with Crippen LogP contribution in [0.15, 0.2) is 53.5 Å². The number of ether oxygens (including phenoxy) is 1. The van der Waals surface area contributed by atoms with E-state index >= 15 is 0 Å². The molecule has 0 aliphatic carbocycles. The summed E-state index contributed by atoms with van der Waals surface area (Å²) in [4.78, 5) is 16.8. The molecule has 2 rings (SSSR count). The number of aliphatic imine (C=N–C) groups is 1. The first-order chi connectivity index (χ1) is 13.7. The van der Waals surface area contributed by atoms with E-state index in [4.69, 9.17) is 4.74 Å². The number of hydrogen-bond acceptors (Lipinski definition) is 3. The summed E-state index contributed by atoms with van der Waals surface area (Å²) in [7, 11) is 1.66. The van der Waals surface area contributed by atoms with Crippen LogP contribution in [0.2, 0.25) is 0 Å². The van der Waals surface area contributed by atoms with Crippen molar-refractivity contribution in [2.45, 2.75) is 33.4 Å². The Balaban J connectivity index is 2.00. The second-order valence-corrected chi connectivity index (χ2v) is 6.36. The smallest absolute Gasteiger partial charge is 0.251 e. The molecule has 0 bridgehead atoms. The van der Waals surface area contributed by atoms with Gasteiger partial charge >= 0.3 is 0 Å². The minimum absolute atomic E-state index is 0.0456. The highest BCUT2D eigenvalue weighted by molar-refractivity contribution is 5.94. The third kappa shape index (κ3) is 6.95. The van der Waals surface area contributed by atoms with E-state index in [-0.39, 0.29) is 5.91 Å². The molecule has 3 N–H and O–H groups in total. The SMILES string of the molecule is CCCNC(=O)c1cccc(CN=C(NCC)NCc2cccc(OC)c2)c1. The van der Waals surface area contributed by atoms with Gasteiger partial charge < -0.3 is 20.7 Å². The predicted molar refractivity (Wildman–Crippen MR) is 114 cm³/mol. The van der Waals surface area contributed by atoms with Crippen LogP contribution >= 0.6 is 0 Å². The van der Waals surface area contributed by atoms with E-state index in [2.05, 4.69) is 20.9 Å².